The molecule has 0 radical (unpaired) electrons. The van der Waals surface area contributed by atoms with Crippen LogP contribution in [-0.4, -0.2) is 34.3 Å². The smallest absolute Gasteiger partial charge is 0.255 e. The van der Waals surface area contributed by atoms with Crippen LogP contribution in [0, 0.1) is 0 Å². The van der Waals surface area contributed by atoms with Gasteiger partial charge < -0.3 is 15.7 Å². The van der Waals surface area contributed by atoms with Gasteiger partial charge in [0.05, 0.1) is 12.1 Å². The van der Waals surface area contributed by atoms with Gasteiger partial charge in [0.1, 0.15) is 0 Å². The highest BCUT2D eigenvalue weighted by Crippen LogP contribution is 2.14. The molecule has 1 aromatic heterocycles. The van der Waals surface area contributed by atoms with Crippen LogP contribution in [0.3, 0.4) is 0 Å². The van der Waals surface area contributed by atoms with E-state index in [1.165, 1.54) is 10.6 Å². The summed E-state index contributed by atoms with van der Waals surface area (Å²) in [6.07, 6.45) is 1.64. The lowest BCUT2D eigenvalue weighted by atomic mass is 10.2. The lowest BCUT2D eigenvalue weighted by Crippen LogP contribution is -2.35. The van der Waals surface area contributed by atoms with E-state index in [9.17, 15) is 14.7 Å². The lowest BCUT2D eigenvalue weighted by molar-refractivity contribution is -0.117. The number of hydrogen-bond acceptors (Lipinski definition) is 4. The fourth-order valence-electron chi connectivity index (χ4n) is 2.49. The van der Waals surface area contributed by atoms with Gasteiger partial charge in [0.15, 0.2) is 0 Å². The summed E-state index contributed by atoms with van der Waals surface area (Å²) in [6, 6.07) is 11.6. The van der Waals surface area contributed by atoms with Gasteiger partial charge in [-0.2, -0.15) is 0 Å². The summed E-state index contributed by atoms with van der Waals surface area (Å²) >= 11 is 0. The second kappa shape index (κ2) is 7.41. The van der Waals surface area contributed by atoms with Crippen LogP contribution in [0.25, 0.3) is 5.69 Å². The Labute approximate surface area is 139 Å². The van der Waals surface area contributed by atoms with E-state index < -0.39 is 6.10 Å². The van der Waals surface area contributed by atoms with Crippen LogP contribution in [0.4, 0.5) is 5.69 Å². The van der Waals surface area contributed by atoms with Crippen molar-refractivity contribution in [2.75, 3.05) is 11.9 Å². The van der Waals surface area contributed by atoms with Crippen molar-refractivity contribution in [1.82, 2.24) is 9.88 Å². The molecule has 3 N–H and O–H groups in total. The first-order valence-corrected chi connectivity index (χ1v) is 7.14. The number of pyridine rings is 1. The van der Waals surface area contributed by atoms with Gasteiger partial charge in [-0.3, -0.25) is 14.2 Å². The summed E-state index contributed by atoms with van der Waals surface area (Å²) in [5.74, 6) is -0.166. The Bertz CT molecular complexity index is 730. The van der Waals surface area contributed by atoms with Crippen molar-refractivity contribution in [3.8, 4) is 5.69 Å². The SMILES string of the molecule is Cl.O=C(Nc1ccc(-n2ccccc2=O)cc1)[C@H]1C[C@@H](O)CN1. The third-order valence-corrected chi connectivity index (χ3v) is 3.66. The van der Waals surface area contributed by atoms with Gasteiger partial charge in [-0.1, -0.05) is 6.07 Å². The number of carbonyl (C=O) groups is 1. The number of anilines is 1. The van der Waals surface area contributed by atoms with E-state index in [1.807, 2.05) is 0 Å². The molecule has 23 heavy (non-hydrogen) atoms. The van der Waals surface area contributed by atoms with Crippen LogP contribution < -0.4 is 16.2 Å². The van der Waals surface area contributed by atoms with Crippen LogP contribution in [-0.2, 0) is 4.79 Å². The number of rotatable bonds is 3. The molecule has 0 unspecified atom stereocenters. The van der Waals surface area contributed by atoms with Gasteiger partial charge in [-0.25, -0.2) is 0 Å². The molecule has 0 bridgehead atoms. The molecule has 2 aromatic rings. The second-order valence-corrected chi connectivity index (χ2v) is 5.30. The van der Waals surface area contributed by atoms with Crippen molar-refractivity contribution in [3.63, 3.8) is 0 Å². The number of amides is 1. The summed E-state index contributed by atoms with van der Waals surface area (Å²) in [4.78, 5) is 23.8. The first-order valence-electron chi connectivity index (χ1n) is 7.14. The fraction of sp³-hybridized carbons (Fsp3) is 0.250. The molecule has 0 saturated carbocycles. The molecule has 7 heteroatoms. The maximum Gasteiger partial charge on any atom is 0.255 e. The largest absolute Gasteiger partial charge is 0.392 e. The van der Waals surface area contributed by atoms with Crippen molar-refractivity contribution in [2.45, 2.75) is 18.6 Å². The maximum absolute atomic E-state index is 12.0. The van der Waals surface area contributed by atoms with Crippen molar-refractivity contribution >= 4 is 24.0 Å². The number of hydrogen-bond donors (Lipinski definition) is 3. The van der Waals surface area contributed by atoms with Crippen molar-refractivity contribution in [2.24, 2.45) is 0 Å². The third kappa shape index (κ3) is 3.98. The van der Waals surface area contributed by atoms with Gasteiger partial charge >= 0.3 is 0 Å². The molecule has 1 aliphatic rings. The van der Waals surface area contributed by atoms with Crippen molar-refractivity contribution < 1.29 is 9.90 Å². The monoisotopic (exact) mass is 335 g/mol. The molecular weight excluding hydrogens is 318 g/mol. The summed E-state index contributed by atoms with van der Waals surface area (Å²) in [5, 5.41) is 15.2. The first kappa shape index (κ1) is 17.2. The number of carbonyl (C=O) groups excluding carboxylic acids is 1. The number of aliphatic hydroxyl groups excluding tert-OH is 1. The molecule has 2 atom stereocenters. The lowest BCUT2D eigenvalue weighted by Gasteiger charge is -2.12. The average Bonchev–Trinajstić information content (AvgIpc) is 2.95. The Morgan fingerprint density at radius 2 is 1.96 bits per heavy atom. The van der Waals surface area contributed by atoms with Crippen LogP contribution in [0.5, 0.6) is 0 Å². The van der Waals surface area contributed by atoms with Crippen LogP contribution in [0.15, 0.2) is 53.5 Å². The van der Waals surface area contributed by atoms with E-state index in [-0.39, 0.29) is 29.9 Å². The van der Waals surface area contributed by atoms with Crippen LogP contribution in [0.1, 0.15) is 6.42 Å². The van der Waals surface area contributed by atoms with Gasteiger partial charge in [-0.15, -0.1) is 12.4 Å². The van der Waals surface area contributed by atoms with Crippen molar-refractivity contribution in [3.05, 3.63) is 59.0 Å². The molecule has 2 heterocycles. The second-order valence-electron chi connectivity index (χ2n) is 5.30. The van der Waals surface area contributed by atoms with E-state index >= 15 is 0 Å². The van der Waals surface area contributed by atoms with E-state index in [1.54, 1.807) is 42.6 Å². The number of benzene rings is 1. The predicted molar refractivity (Wildman–Crippen MR) is 90.3 cm³/mol. The summed E-state index contributed by atoms with van der Waals surface area (Å²) in [5.41, 5.74) is 1.28. The normalized spacial score (nSPS) is 19.9. The number of nitrogens with one attached hydrogen (secondary N) is 2. The van der Waals surface area contributed by atoms with E-state index in [2.05, 4.69) is 10.6 Å². The molecule has 1 aromatic carbocycles. The minimum absolute atomic E-state index is 0. The van der Waals surface area contributed by atoms with Gasteiger partial charge in [0.25, 0.3) is 5.56 Å². The first-order chi connectivity index (χ1) is 10.6. The summed E-state index contributed by atoms with van der Waals surface area (Å²) < 4.78 is 1.53. The highest BCUT2D eigenvalue weighted by Gasteiger charge is 2.27. The van der Waals surface area contributed by atoms with Gasteiger partial charge in [-0.05, 0) is 36.8 Å². The number of aromatic nitrogens is 1. The Morgan fingerprint density at radius 3 is 2.57 bits per heavy atom. The molecular formula is C16H18ClN3O3. The van der Waals surface area contributed by atoms with Crippen LogP contribution >= 0.6 is 12.4 Å². The molecule has 6 nitrogen and oxygen atoms in total. The zero-order valence-corrected chi connectivity index (χ0v) is 13.1. The van der Waals surface area contributed by atoms with Gasteiger partial charge in [0.2, 0.25) is 5.91 Å². The predicted octanol–water partition coefficient (Wildman–Crippen LogP) is 0.921. The number of nitrogens with zero attached hydrogens (tertiary/aromatic N) is 1. The van der Waals surface area contributed by atoms with E-state index in [4.69, 9.17) is 0 Å². The zero-order chi connectivity index (χ0) is 15.5. The highest BCUT2D eigenvalue weighted by atomic mass is 35.5. The van der Waals surface area contributed by atoms with E-state index in [0.29, 0.717) is 18.7 Å². The molecule has 1 aliphatic heterocycles. The molecule has 0 spiro atoms. The fourth-order valence-corrected chi connectivity index (χ4v) is 2.49. The molecule has 1 fully saturated rings. The Morgan fingerprint density at radius 1 is 1.22 bits per heavy atom. The average molecular weight is 336 g/mol. The van der Waals surface area contributed by atoms with Crippen LogP contribution in [0.2, 0.25) is 0 Å². The Kier molecular flexibility index (Phi) is 5.54. The number of β-amino-alcohol motifs (C(OH)–C–C–N with tert-alkyl or cyclic N) is 1. The minimum Gasteiger partial charge on any atom is -0.392 e. The minimum atomic E-state index is -0.469. The standard InChI is InChI=1S/C16H17N3O3.ClH/c20-13-9-14(17-10-13)16(22)18-11-4-6-12(7-5-11)19-8-2-1-3-15(19)21;/h1-8,13-14,17,20H,9-10H2,(H,18,22);1H/t13-,14-;/m1./s1. The molecule has 1 amide bonds. The summed E-state index contributed by atoms with van der Waals surface area (Å²) in [7, 11) is 0. The zero-order valence-electron chi connectivity index (χ0n) is 12.3. The highest BCUT2D eigenvalue weighted by molar-refractivity contribution is 5.95. The topological polar surface area (TPSA) is 83.4 Å². The van der Waals surface area contributed by atoms with Crippen molar-refractivity contribution in [1.29, 1.82) is 0 Å². The quantitative estimate of drug-likeness (QED) is 0.779. The molecule has 0 aliphatic carbocycles. The van der Waals surface area contributed by atoms with E-state index in [0.717, 1.165) is 5.69 Å². The molecule has 122 valence electrons. The van der Waals surface area contributed by atoms with Gasteiger partial charge in [0, 0.05) is 30.2 Å². The summed E-state index contributed by atoms with van der Waals surface area (Å²) in [6.45, 7) is 0.438. The maximum atomic E-state index is 12.0. The Balaban J connectivity index is 0.00000192. The number of aliphatic hydroxyl groups is 1. The third-order valence-electron chi connectivity index (χ3n) is 3.66. The molecule has 1 saturated heterocycles. The molecule has 3 rings (SSSR count). The Hall–Kier alpha value is -2.15. The number of halogens is 1.